The molecule has 1 aliphatic rings. The van der Waals surface area contributed by atoms with Crippen molar-refractivity contribution in [1.82, 2.24) is 10.6 Å². The van der Waals surface area contributed by atoms with E-state index in [1.54, 1.807) is 0 Å². The third kappa shape index (κ3) is 3.97. The maximum Gasteiger partial charge on any atom is 0.223 e. The smallest absolute Gasteiger partial charge is 0.223 e. The van der Waals surface area contributed by atoms with Crippen LogP contribution >= 0.6 is 11.6 Å². The zero-order valence-corrected chi connectivity index (χ0v) is 13.0. The number of halogens is 1. The van der Waals surface area contributed by atoms with Crippen LogP contribution in [0.25, 0.3) is 0 Å². The van der Waals surface area contributed by atoms with Crippen molar-refractivity contribution in [2.24, 2.45) is 5.92 Å². The fourth-order valence-electron chi connectivity index (χ4n) is 2.55. The number of hydrogen-bond donors (Lipinski definition) is 2. The lowest BCUT2D eigenvalue weighted by Gasteiger charge is -2.28. The van der Waals surface area contributed by atoms with Gasteiger partial charge in [0.15, 0.2) is 0 Å². The van der Waals surface area contributed by atoms with Gasteiger partial charge in [-0.15, -0.1) is 0 Å². The number of carbonyl (C=O) groups is 1. The topological polar surface area (TPSA) is 41.1 Å². The highest BCUT2D eigenvalue weighted by molar-refractivity contribution is 6.30. The first-order valence-electron chi connectivity index (χ1n) is 7.23. The third-order valence-corrected chi connectivity index (χ3v) is 4.26. The van der Waals surface area contributed by atoms with Crippen molar-refractivity contribution in [3.63, 3.8) is 0 Å². The van der Waals surface area contributed by atoms with E-state index < -0.39 is 0 Å². The Morgan fingerprint density at radius 1 is 1.40 bits per heavy atom. The molecule has 0 unspecified atom stereocenters. The summed E-state index contributed by atoms with van der Waals surface area (Å²) >= 11 is 6.04. The van der Waals surface area contributed by atoms with Crippen molar-refractivity contribution in [3.05, 3.63) is 34.9 Å². The molecule has 1 aliphatic heterocycles. The lowest BCUT2D eigenvalue weighted by molar-refractivity contribution is -0.125. The first-order chi connectivity index (χ1) is 9.49. The van der Waals surface area contributed by atoms with Crippen molar-refractivity contribution in [1.29, 1.82) is 0 Å². The van der Waals surface area contributed by atoms with Crippen LogP contribution in [0, 0.1) is 5.92 Å². The Balaban J connectivity index is 1.93. The average molecular weight is 295 g/mol. The summed E-state index contributed by atoms with van der Waals surface area (Å²) in [7, 11) is 0. The van der Waals surface area contributed by atoms with Gasteiger partial charge >= 0.3 is 0 Å². The largest absolute Gasteiger partial charge is 0.355 e. The predicted molar refractivity (Wildman–Crippen MR) is 83.1 cm³/mol. The van der Waals surface area contributed by atoms with E-state index in [9.17, 15) is 4.79 Å². The first kappa shape index (κ1) is 15.3. The Morgan fingerprint density at radius 2 is 2.10 bits per heavy atom. The molecule has 0 bridgehead atoms. The minimum Gasteiger partial charge on any atom is -0.355 e. The van der Waals surface area contributed by atoms with Gasteiger partial charge in [0.05, 0.1) is 0 Å². The minimum atomic E-state index is -0.118. The fourth-order valence-corrected chi connectivity index (χ4v) is 2.74. The number of nitrogens with one attached hydrogen (secondary N) is 2. The van der Waals surface area contributed by atoms with Gasteiger partial charge < -0.3 is 10.6 Å². The van der Waals surface area contributed by atoms with Crippen molar-refractivity contribution < 1.29 is 4.79 Å². The molecule has 1 aromatic carbocycles. The second kappa shape index (κ2) is 6.59. The molecule has 0 aromatic heterocycles. The van der Waals surface area contributed by atoms with E-state index in [2.05, 4.69) is 30.5 Å². The van der Waals surface area contributed by atoms with E-state index in [0.717, 1.165) is 36.5 Å². The van der Waals surface area contributed by atoms with Crippen LogP contribution in [0.15, 0.2) is 24.3 Å². The molecule has 0 radical (unpaired) electrons. The predicted octanol–water partition coefficient (Wildman–Crippen LogP) is 2.73. The third-order valence-electron chi connectivity index (χ3n) is 4.02. The van der Waals surface area contributed by atoms with Gasteiger partial charge in [0.1, 0.15) is 0 Å². The summed E-state index contributed by atoms with van der Waals surface area (Å²) in [5.41, 5.74) is 1.03. The van der Waals surface area contributed by atoms with E-state index in [4.69, 9.17) is 11.6 Å². The SMILES string of the molecule is CC(C)(CNC(=O)C1CCNCC1)c1cccc(Cl)c1. The van der Waals surface area contributed by atoms with E-state index in [1.165, 1.54) is 0 Å². The molecule has 20 heavy (non-hydrogen) atoms. The summed E-state index contributed by atoms with van der Waals surface area (Å²) in [5.74, 6) is 0.341. The standard InChI is InChI=1S/C16H23ClN2O/c1-16(2,13-4-3-5-14(17)10-13)11-19-15(20)12-6-8-18-9-7-12/h3-5,10,12,18H,6-9,11H2,1-2H3,(H,19,20). The Labute approximate surface area is 126 Å². The molecule has 4 heteroatoms. The van der Waals surface area contributed by atoms with Gasteiger partial charge in [-0.3, -0.25) is 4.79 Å². The van der Waals surface area contributed by atoms with Gasteiger partial charge in [-0.25, -0.2) is 0 Å². The monoisotopic (exact) mass is 294 g/mol. The molecule has 2 rings (SSSR count). The maximum absolute atomic E-state index is 12.2. The molecule has 1 heterocycles. The van der Waals surface area contributed by atoms with Crippen LogP contribution < -0.4 is 10.6 Å². The van der Waals surface area contributed by atoms with E-state index >= 15 is 0 Å². The number of piperidine rings is 1. The highest BCUT2D eigenvalue weighted by Gasteiger charge is 2.25. The van der Waals surface area contributed by atoms with Crippen molar-refractivity contribution in [3.8, 4) is 0 Å². The summed E-state index contributed by atoms with van der Waals surface area (Å²) in [6.07, 6.45) is 1.87. The van der Waals surface area contributed by atoms with Crippen LogP contribution in [0.1, 0.15) is 32.3 Å². The van der Waals surface area contributed by atoms with Crippen LogP contribution in [0.2, 0.25) is 5.02 Å². The van der Waals surface area contributed by atoms with Crippen LogP contribution in [0.5, 0.6) is 0 Å². The van der Waals surface area contributed by atoms with Gasteiger partial charge in [0.2, 0.25) is 5.91 Å². The van der Waals surface area contributed by atoms with Gasteiger partial charge in [0.25, 0.3) is 0 Å². The second-order valence-corrected chi connectivity index (χ2v) is 6.57. The lowest BCUT2D eigenvalue weighted by Crippen LogP contribution is -2.42. The molecule has 1 aromatic rings. The highest BCUT2D eigenvalue weighted by atomic mass is 35.5. The second-order valence-electron chi connectivity index (χ2n) is 6.14. The van der Waals surface area contributed by atoms with Gasteiger partial charge in [-0.2, -0.15) is 0 Å². The summed E-state index contributed by atoms with van der Waals surface area (Å²) in [6, 6.07) is 7.85. The molecule has 1 amide bonds. The molecule has 110 valence electrons. The molecule has 1 saturated heterocycles. The number of amides is 1. The Morgan fingerprint density at radius 3 is 2.75 bits per heavy atom. The highest BCUT2D eigenvalue weighted by Crippen LogP contribution is 2.25. The van der Waals surface area contributed by atoms with Crippen LogP contribution in [0.3, 0.4) is 0 Å². The van der Waals surface area contributed by atoms with Crippen LogP contribution in [-0.4, -0.2) is 25.5 Å². The quantitative estimate of drug-likeness (QED) is 0.896. The van der Waals surface area contributed by atoms with E-state index in [0.29, 0.717) is 6.54 Å². The molecule has 0 atom stereocenters. The van der Waals surface area contributed by atoms with Crippen molar-refractivity contribution in [2.45, 2.75) is 32.1 Å². The number of benzene rings is 1. The normalized spacial score (nSPS) is 16.9. The maximum atomic E-state index is 12.2. The van der Waals surface area contributed by atoms with Gasteiger partial charge in [0, 0.05) is 22.9 Å². The molecule has 0 spiro atoms. The number of rotatable bonds is 4. The van der Waals surface area contributed by atoms with E-state index in [1.807, 2.05) is 18.2 Å². The summed E-state index contributed by atoms with van der Waals surface area (Å²) in [6.45, 7) is 6.77. The molecule has 2 N–H and O–H groups in total. The first-order valence-corrected chi connectivity index (χ1v) is 7.61. The van der Waals surface area contributed by atoms with E-state index in [-0.39, 0.29) is 17.2 Å². The number of carbonyl (C=O) groups excluding carboxylic acids is 1. The molecular formula is C16H23ClN2O. The molecule has 0 saturated carbocycles. The molecule has 3 nitrogen and oxygen atoms in total. The Hall–Kier alpha value is -1.06. The van der Waals surface area contributed by atoms with Crippen molar-refractivity contribution in [2.75, 3.05) is 19.6 Å². The zero-order chi connectivity index (χ0) is 14.6. The fraction of sp³-hybridized carbons (Fsp3) is 0.562. The van der Waals surface area contributed by atoms with Crippen LogP contribution in [-0.2, 0) is 10.2 Å². The number of hydrogen-bond acceptors (Lipinski definition) is 2. The Kier molecular flexibility index (Phi) is 5.06. The zero-order valence-electron chi connectivity index (χ0n) is 12.2. The van der Waals surface area contributed by atoms with Gasteiger partial charge in [-0.1, -0.05) is 37.6 Å². The summed E-state index contributed by atoms with van der Waals surface area (Å²) in [5, 5.41) is 7.12. The lowest BCUT2D eigenvalue weighted by atomic mass is 9.84. The van der Waals surface area contributed by atoms with Crippen LogP contribution in [0.4, 0.5) is 0 Å². The molecular weight excluding hydrogens is 272 g/mol. The average Bonchev–Trinajstić information content (AvgIpc) is 2.46. The summed E-state index contributed by atoms with van der Waals surface area (Å²) < 4.78 is 0. The Bertz CT molecular complexity index is 467. The summed E-state index contributed by atoms with van der Waals surface area (Å²) in [4.78, 5) is 12.2. The minimum absolute atomic E-state index is 0.118. The molecule has 1 fully saturated rings. The molecule has 0 aliphatic carbocycles. The van der Waals surface area contributed by atoms with Crippen molar-refractivity contribution >= 4 is 17.5 Å². The van der Waals surface area contributed by atoms with Gasteiger partial charge in [-0.05, 0) is 43.6 Å².